The normalized spacial score (nSPS) is 13.4. The van der Waals surface area contributed by atoms with E-state index in [9.17, 15) is 4.79 Å². The quantitative estimate of drug-likeness (QED) is 0.664. The summed E-state index contributed by atoms with van der Waals surface area (Å²) < 4.78 is 4.77. The van der Waals surface area contributed by atoms with Crippen LogP contribution in [-0.4, -0.2) is 28.8 Å². The highest BCUT2D eigenvalue weighted by Crippen LogP contribution is 2.20. The summed E-state index contributed by atoms with van der Waals surface area (Å²) in [6, 6.07) is 1.40. The van der Waals surface area contributed by atoms with Crippen molar-refractivity contribution in [3.8, 4) is 0 Å². The molecule has 1 aromatic heterocycles. The largest absolute Gasteiger partial charge is 0.388 e. The van der Waals surface area contributed by atoms with Gasteiger partial charge in [-0.05, 0) is 12.3 Å². The third kappa shape index (κ3) is 3.77. The van der Waals surface area contributed by atoms with E-state index in [1.54, 1.807) is 0 Å². The number of carbonyl (C=O) groups excluding carboxylic acids is 1. The molecule has 1 amide bonds. The second-order valence-electron chi connectivity index (χ2n) is 4.90. The Bertz CT molecular complexity index is 406. The molecule has 0 aliphatic heterocycles. The average Bonchev–Trinajstić information content (AvgIpc) is 2.77. The molecule has 2 atom stereocenters. The number of nitrogens with zero attached hydrogens (tertiary/aromatic N) is 1. The number of aliphatic hydroxyl groups is 1. The third-order valence-corrected chi connectivity index (χ3v) is 3.23. The van der Waals surface area contributed by atoms with E-state index in [0.29, 0.717) is 0 Å². The van der Waals surface area contributed by atoms with Gasteiger partial charge < -0.3 is 20.0 Å². The van der Waals surface area contributed by atoms with Gasteiger partial charge in [0.25, 0.3) is 5.91 Å². The first kappa shape index (κ1) is 15.1. The minimum Gasteiger partial charge on any atom is -0.388 e. The SMILES string of the molecule is CC(NC(=O)c1cc(CO)on1)C(C)(C)CNP. The molecule has 0 spiro atoms. The van der Waals surface area contributed by atoms with Crippen LogP contribution in [0.2, 0.25) is 0 Å². The van der Waals surface area contributed by atoms with Crippen molar-refractivity contribution in [2.75, 3.05) is 6.54 Å². The van der Waals surface area contributed by atoms with Crippen LogP contribution < -0.4 is 10.4 Å². The van der Waals surface area contributed by atoms with Crippen molar-refractivity contribution in [3.63, 3.8) is 0 Å². The lowest BCUT2D eigenvalue weighted by Crippen LogP contribution is -2.46. The number of nitrogens with one attached hydrogen (secondary N) is 2. The fourth-order valence-corrected chi connectivity index (χ4v) is 1.90. The maximum absolute atomic E-state index is 11.9. The van der Waals surface area contributed by atoms with E-state index in [-0.39, 0.29) is 35.4 Å². The van der Waals surface area contributed by atoms with Crippen LogP contribution in [0.25, 0.3) is 0 Å². The van der Waals surface area contributed by atoms with Crippen LogP contribution in [0.3, 0.4) is 0 Å². The molecule has 0 aromatic carbocycles. The fourth-order valence-electron chi connectivity index (χ4n) is 1.38. The van der Waals surface area contributed by atoms with Gasteiger partial charge in [0.1, 0.15) is 6.61 Å². The van der Waals surface area contributed by atoms with Crippen molar-refractivity contribution >= 4 is 15.3 Å². The lowest BCUT2D eigenvalue weighted by atomic mass is 9.85. The van der Waals surface area contributed by atoms with Gasteiger partial charge in [-0.25, -0.2) is 0 Å². The first-order valence-corrected chi connectivity index (χ1v) is 6.29. The number of aromatic nitrogens is 1. The van der Waals surface area contributed by atoms with E-state index in [1.165, 1.54) is 6.07 Å². The standard InChI is InChI=1S/C11H20N3O3P/c1-7(11(2,3)6-12-18)13-10(16)9-4-8(5-15)17-14-9/h4,7,12,15H,5-6,18H2,1-3H3,(H,13,16). The van der Waals surface area contributed by atoms with Crippen molar-refractivity contribution in [1.29, 1.82) is 0 Å². The summed E-state index contributed by atoms with van der Waals surface area (Å²) in [5.74, 6) is -0.0264. The smallest absolute Gasteiger partial charge is 0.273 e. The van der Waals surface area contributed by atoms with E-state index in [2.05, 4.69) is 38.8 Å². The zero-order valence-corrected chi connectivity index (χ0v) is 12.0. The number of aliphatic hydroxyl groups excluding tert-OH is 1. The van der Waals surface area contributed by atoms with Crippen LogP contribution in [0.15, 0.2) is 10.6 Å². The molecule has 1 rings (SSSR count). The van der Waals surface area contributed by atoms with Crippen LogP contribution >= 0.6 is 9.39 Å². The number of amides is 1. The van der Waals surface area contributed by atoms with Gasteiger partial charge in [0.2, 0.25) is 0 Å². The Balaban J connectivity index is 2.64. The summed E-state index contributed by atoms with van der Waals surface area (Å²) in [7, 11) is 2.45. The summed E-state index contributed by atoms with van der Waals surface area (Å²) in [5, 5.41) is 18.3. The molecule has 0 fully saturated rings. The Kier molecular flexibility index (Phi) is 5.26. The van der Waals surface area contributed by atoms with Gasteiger partial charge in [-0.1, -0.05) is 28.4 Å². The first-order chi connectivity index (χ1) is 8.40. The molecular formula is C11H20N3O3P. The Morgan fingerprint density at radius 2 is 2.33 bits per heavy atom. The van der Waals surface area contributed by atoms with Gasteiger partial charge >= 0.3 is 0 Å². The zero-order valence-electron chi connectivity index (χ0n) is 10.9. The second kappa shape index (κ2) is 6.27. The second-order valence-corrected chi connectivity index (χ2v) is 5.31. The maximum Gasteiger partial charge on any atom is 0.273 e. The van der Waals surface area contributed by atoms with Gasteiger partial charge in [0, 0.05) is 18.7 Å². The van der Waals surface area contributed by atoms with Crippen LogP contribution in [0.1, 0.15) is 37.0 Å². The highest BCUT2D eigenvalue weighted by atomic mass is 31.0. The van der Waals surface area contributed by atoms with E-state index >= 15 is 0 Å². The van der Waals surface area contributed by atoms with E-state index in [1.807, 2.05) is 6.92 Å². The molecule has 2 unspecified atom stereocenters. The minimum atomic E-state index is -0.303. The molecule has 1 heterocycles. The predicted octanol–water partition coefficient (Wildman–Crippen LogP) is 0.691. The molecular weight excluding hydrogens is 253 g/mol. The number of carbonyl (C=O) groups is 1. The summed E-state index contributed by atoms with van der Waals surface area (Å²) in [4.78, 5) is 11.9. The van der Waals surface area contributed by atoms with Crippen molar-refractivity contribution in [2.45, 2.75) is 33.4 Å². The van der Waals surface area contributed by atoms with E-state index < -0.39 is 0 Å². The average molecular weight is 273 g/mol. The molecule has 0 saturated heterocycles. The summed E-state index contributed by atoms with van der Waals surface area (Å²) in [6.45, 7) is 6.53. The third-order valence-electron chi connectivity index (χ3n) is 3.02. The fraction of sp³-hybridized carbons (Fsp3) is 0.636. The molecule has 0 aliphatic rings. The molecule has 0 bridgehead atoms. The molecule has 102 valence electrons. The molecule has 0 aliphatic carbocycles. The molecule has 0 radical (unpaired) electrons. The minimum absolute atomic E-state index is 0.0349. The van der Waals surface area contributed by atoms with Crippen LogP contribution in [0.4, 0.5) is 0 Å². The maximum atomic E-state index is 11.9. The highest BCUT2D eigenvalue weighted by Gasteiger charge is 2.27. The Morgan fingerprint density at radius 3 is 2.83 bits per heavy atom. The van der Waals surface area contributed by atoms with Gasteiger partial charge in [-0.2, -0.15) is 0 Å². The zero-order chi connectivity index (χ0) is 13.8. The Labute approximate surface area is 109 Å². The monoisotopic (exact) mass is 273 g/mol. The molecule has 1 aromatic rings. The van der Waals surface area contributed by atoms with Crippen molar-refractivity contribution in [1.82, 2.24) is 15.6 Å². The van der Waals surface area contributed by atoms with Crippen LogP contribution in [-0.2, 0) is 6.61 Å². The van der Waals surface area contributed by atoms with E-state index in [0.717, 1.165) is 6.54 Å². The Hall–Kier alpha value is -0.970. The van der Waals surface area contributed by atoms with Gasteiger partial charge in [-0.15, -0.1) is 0 Å². The van der Waals surface area contributed by atoms with Crippen molar-refractivity contribution in [2.24, 2.45) is 5.41 Å². The Morgan fingerprint density at radius 1 is 1.67 bits per heavy atom. The molecule has 6 nitrogen and oxygen atoms in total. The molecule has 7 heteroatoms. The predicted molar refractivity (Wildman–Crippen MR) is 70.8 cm³/mol. The van der Waals surface area contributed by atoms with Crippen molar-refractivity contribution < 1.29 is 14.4 Å². The summed E-state index contributed by atoms with van der Waals surface area (Å²) >= 11 is 0. The number of rotatable bonds is 6. The topological polar surface area (TPSA) is 87.4 Å². The van der Waals surface area contributed by atoms with Gasteiger partial charge in [-0.3, -0.25) is 4.79 Å². The molecule has 3 N–H and O–H groups in total. The van der Waals surface area contributed by atoms with Gasteiger partial charge in [0.05, 0.1) is 0 Å². The molecule has 0 saturated carbocycles. The van der Waals surface area contributed by atoms with Gasteiger partial charge in [0.15, 0.2) is 11.5 Å². The van der Waals surface area contributed by atoms with Crippen LogP contribution in [0.5, 0.6) is 0 Å². The van der Waals surface area contributed by atoms with Crippen molar-refractivity contribution in [3.05, 3.63) is 17.5 Å². The van der Waals surface area contributed by atoms with E-state index in [4.69, 9.17) is 9.63 Å². The number of hydrogen-bond donors (Lipinski definition) is 3. The summed E-state index contributed by atoms with van der Waals surface area (Å²) in [5.41, 5.74) is 0.0848. The summed E-state index contributed by atoms with van der Waals surface area (Å²) in [6.07, 6.45) is 0. The molecule has 18 heavy (non-hydrogen) atoms. The van der Waals surface area contributed by atoms with Crippen LogP contribution in [0, 0.1) is 5.41 Å². The lowest BCUT2D eigenvalue weighted by molar-refractivity contribution is 0.0896. The number of hydrogen-bond acceptors (Lipinski definition) is 5. The first-order valence-electron chi connectivity index (χ1n) is 5.71. The highest BCUT2D eigenvalue weighted by molar-refractivity contribution is 7.13. The lowest BCUT2D eigenvalue weighted by Gasteiger charge is -2.31.